The first-order chi connectivity index (χ1) is 6.25. The maximum atomic E-state index is 11.5. The van der Waals surface area contributed by atoms with E-state index in [9.17, 15) is 13.2 Å². The highest BCUT2D eigenvalue weighted by Crippen LogP contribution is 2.05. The highest BCUT2D eigenvalue weighted by Gasteiger charge is 2.19. The molecule has 0 spiro atoms. The zero-order valence-electron chi connectivity index (χ0n) is 8.73. The van der Waals surface area contributed by atoms with Gasteiger partial charge < -0.3 is 5.11 Å². The number of carboxylic acid groups (broad SMARTS) is 1. The van der Waals surface area contributed by atoms with E-state index >= 15 is 0 Å². The highest BCUT2D eigenvalue weighted by atomic mass is 32.2. The fraction of sp³-hybridized carbons (Fsp3) is 0.875. The van der Waals surface area contributed by atoms with Gasteiger partial charge in [0.15, 0.2) is 0 Å². The number of carbonyl (C=O) groups is 1. The van der Waals surface area contributed by atoms with Crippen molar-refractivity contribution in [1.82, 2.24) is 4.31 Å². The van der Waals surface area contributed by atoms with Crippen molar-refractivity contribution < 1.29 is 18.3 Å². The van der Waals surface area contributed by atoms with E-state index in [0.29, 0.717) is 0 Å². The summed E-state index contributed by atoms with van der Waals surface area (Å²) in [6.45, 7) is 3.65. The lowest BCUT2D eigenvalue weighted by Crippen LogP contribution is -2.32. The third-order valence-corrected chi connectivity index (χ3v) is 3.88. The second-order valence-corrected chi connectivity index (χ2v) is 5.76. The second kappa shape index (κ2) is 5.31. The molecule has 5 nitrogen and oxygen atoms in total. The molecule has 6 heteroatoms. The molecule has 0 aromatic rings. The van der Waals surface area contributed by atoms with Crippen LogP contribution < -0.4 is 0 Å². The van der Waals surface area contributed by atoms with Gasteiger partial charge in [-0.1, -0.05) is 13.8 Å². The van der Waals surface area contributed by atoms with Crippen molar-refractivity contribution in [3.63, 3.8) is 0 Å². The van der Waals surface area contributed by atoms with Crippen molar-refractivity contribution >= 4 is 16.0 Å². The van der Waals surface area contributed by atoms with Crippen molar-refractivity contribution in [2.75, 3.05) is 19.3 Å². The summed E-state index contributed by atoms with van der Waals surface area (Å²) in [5.41, 5.74) is 0. The molecule has 0 aliphatic heterocycles. The van der Waals surface area contributed by atoms with E-state index in [4.69, 9.17) is 5.11 Å². The van der Waals surface area contributed by atoms with Gasteiger partial charge in [-0.25, -0.2) is 12.7 Å². The Morgan fingerprint density at radius 1 is 1.43 bits per heavy atom. The summed E-state index contributed by atoms with van der Waals surface area (Å²) < 4.78 is 24.1. The molecule has 1 N–H and O–H groups in total. The van der Waals surface area contributed by atoms with E-state index < -0.39 is 16.0 Å². The van der Waals surface area contributed by atoms with Gasteiger partial charge in [0.2, 0.25) is 10.0 Å². The van der Waals surface area contributed by atoms with Gasteiger partial charge in [-0.05, 0) is 5.92 Å². The normalized spacial score (nSPS) is 12.4. The zero-order chi connectivity index (χ0) is 11.4. The molecule has 0 unspecified atom stereocenters. The minimum atomic E-state index is -3.29. The molecular formula is C8H17NO4S. The fourth-order valence-corrected chi connectivity index (χ4v) is 2.41. The molecule has 0 rings (SSSR count). The van der Waals surface area contributed by atoms with E-state index in [1.54, 1.807) is 0 Å². The summed E-state index contributed by atoms with van der Waals surface area (Å²) >= 11 is 0. The van der Waals surface area contributed by atoms with Crippen LogP contribution in [-0.4, -0.2) is 43.1 Å². The predicted octanol–water partition coefficient (Wildman–Crippen LogP) is 0.379. The molecule has 14 heavy (non-hydrogen) atoms. The number of aliphatic carboxylic acids is 1. The van der Waals surface area contributed by atoms with E-state index in [-0.39, 0.29) is 24.6 Å². The quantitative estimate of drug-likeness (QED) is 0.706. The topological polar surface area (TPSA) is 74.7 Å². The Hall–Kier alpha value is -0.620. The third kappa shape index (κ3) is 5.18. The third-order valence-electron chi connectivity index (χ3n) is 1.66. The molecule has 0 saturated carbocycles. The number of sulfonamides is 1. The van der Waals surface area contributed by atoms with Crippen LogP contribution in [0.1, 0.15) is 20.3 Å². The van der Waals surface area contributed by atoms with Crippen LogP contribution in [0.4, 0.5) is 0 Å². The Labute approximate surface area is 84.8 Å². The summed E-state index contributed by atoms with van der Waals surface area (Å²) in [5.74, 6) is -0.882. The molecular weight excluding hydrogens is 206 g/mol. The van der Waals surface area contributed by atoms with Crippen molar-refractivity contribution in [3.05, 3.63) is 0 Å². The van der Waals surface area contributed by atoms with E-state index in [1.165, 1.54) is 7.05 Å². The summed E-state index contributed by atoms with van der Waals surface area (Å²) in [6, 6.07) is 0. The zero-order valence-corrected chi connectivity index (χ0v) is 9.54. The molecule has 0 aliphatic rings. The Bertz CT molecular complexity index is 284. The predicted molar refractivity (Wildman–Crippen MR) is 53.5 cm³/mol. The molecule has 0 aliphatic carbocycles. The molecule has 0 heterocycles. The largest absolute Gasteiger partial charge is 0.481 e. The standard InChI is InChI=1S/C8H17NO4S/c1-7(2)6-14(12,13)9(3)5-4-8(10)11/h7H,4-6H2,1-3H3,(H,10,11). The highest BCUT2D eigenvalue weighted by molar-refractivity contribution is 7.89. The minimum absolute atomic E-state index is 0.0321. The molecule has 0 radical (unpaired) electrons. The second-order valence-electron chi connectivity index (χ2n) is 3.64. The molecule has 0 bridgehead atoms. The Kier molecular flexibility index (Phi) is 5.07. The van der Waals surface area contributed by atoms with Crippen molar-refractivity contribution in [1.29, 1.82) is 0 Å². The lowest BCUT2D eigenvalue weighted by atomic mass is 10.3. The van der Waals surface area contributed by atoms with E-state index in [1.807, 2.05) is 13.8 Å². The Morgan fingerprint density at radius 2 is 1.93 bits per heavy atom. The Balaban J connectivity index is 4.22. The van der Waals surface area contributed by atoms with Crippen LogP contribution in [0, 0.1) is 5.92 Å². The van der Waals surface area contributed by atoms with Crippen LogP contribution in [-0.2, 0) is 14.8 Å². The van der Waals surface area contributed by atoms with Crippen molar-refractivity contribution in [3.8, 4) is 0 Å². The monoisotopic (exact) mass is 223 g/mol. The van der Waals surface area contributed by atoms with E-state index in [2.05, 4.69) is 0 Å². The molecule has 0 fully saturated rings. The van der Waals surface area contributed by atoms with Gasteiger partial charge in [-0.15, -0.1) is 0 Å². The first kappa shape index (κ1) is 13.4. The number of hydrogen-bond donors (Lipinski definition) is 1. The van der Waals surface area contributed by atoms with Gasteiger partial charge in [-0.2, -0.15) is 0 Å². The first-order valence-corrected chi connectivity index (χ1v) is 6.02. The first-order valence-electron chi connectivity index (χ1n) is 4.41. The maximum absolute atomic E-state index is 11.5. The van der Waals surface area contributed by atoms with Crippen LogP contribution in [0.15, 0.2) is 0 Å². The van der Waals surface area contributed by atoms with Gasteiger partial charge in [0.05, 0.1) is 12.2 Å². The van der Waals surface area contributed by atoms with Gasteiger partial charge >= 0.3 is 5.97 Å². The average molecular weight is 223 g/mol. The average Bonchev–Trinajstić information content (AvgIpc) is 1.97. The number of nitrogens with zero attached hydrogens (tertiary/aromatic N) is 1. The lowest BCUT2D eigenvalue weighted by Gasteiger charge is -2.17. The number of hydrogen-bond acceptors (Lipinski definition) is 3. The molecule has 0 aromatic heterocycles. The fourth-order valence-electron chi connectivity index (χ4n) is 0.941. The van der Waals surface area contributed by atoms with Crippen molar-refractivity contribution in [2.45, 2.75) is 20.3 Å². The van der Waals surface area contributed by atoms with E-state index in [0.717, 1.165) is 4.31 Å². The molecule has 0 saturated heterocycles. The number of rotatable bonds is 6. The molecule has 84 valence electrons. The van der Waals surface area contributed by atoms with Crippen LogP contribution >= 0.6 is 0 Å². The van der Waals surface area contributed by atoms with Gasteiger partial charge in [0, 0.05) is 13.6 Å². The molecule has 0 amide bonds. The van der Waals surface area contributed by atoms with Gasteiger partial charge in [-0.3, -0.25) is 4.79 Å². The van der Waals surface area contributed by atoms with Crippen molar-refractivity contribution in [2.24, 2.45) is 5.92 Å². The Morgan fingerprint density at radius 3 is 2.29 bits per heavy atom. The minimum Gasteiger partial charge on any atom is -0.481 e. The lowest BCUT2D eigenvalue weighted by molar-refractivity contribution is -0.137. The maximum Gasteiger partial charge on any atom is 0.304 e. The smallest absolute Gasteiger partial charge is 0.304 e. The van der Waals surface area contributed by atoms with Crippen LogP contribution in [0.25, 0.3) is 0 Å². The number of carboxylic acids is 1. The van der Waals surface area contributed by atoms with Gasteiger partial charge in [0.25, 0.3) is 0 Å². The summed E-state index contributed by atoms with van der Waals surface area (Å²) in [5, 5.41) is 8.39. The summed E-state index contributed by atoms with van der Waals surface area (Å²) in [4.78, 5) is 10.2. The van der Waals surface area contributed by atoms with Gasteiger partial charge in [0.1, 0.15) is 0 Å². The van der Waals surface area contributed by atoms with Crippen LogP contribution in [0.2, 0.25) is 0 Å². The SMILES string of the molecule is CC(C)CS(=O)(=O)N(C)CCC(=O)O. The van der Waals surface area contributed by atoms with Crippen LogP contribution in [0.5, 0.6) is 0 Å². The molecule has 0 aromatic carbocycles. The summed E-state index contributed by atoms with van der Waals surface area (Å²) in [6.07, 6.45) is -0.159. The summed E-state index contributed by atoms with van der Waals surface area (Å²) in [7, 11) is -1.88. The van der Waals surface area contributed by atoms with Crippen LogP contribution in [0.3, 0.4) is 0 Å². The molecule has 0 atom stereocenters.